The third-order valence-electron chi connectivity index (χ3n) is 4.40. The maximum absolute atomic E-state index is 14.0. The zero-order valence-electron chi connectivity index (χ0n) is 15.5. The lowest BCUT2D eigenvalue weighted by Gasteiger charge is -2.12. The van der Waals surface area contributed by atoms with E-state index in [0.717, 1.165) is 17.7 Å². The summed E-state index contributed by atoms with van der Waals surface area (Å²) in [6.07, 6.45) is 0.394. The van der Waals surface area contributed by atoms with Crippen LogP contribution in [0.4, 0.5) is 8.78 Å². The minimum absolute atomic E-state index is 0.0166. The fraction of sp³-hybridized carbons (Fsp3) is 0.136. The predicted molar refractivity (Wildman–Crippen MR) is 110 cm³/mol. The Balaban J connectivity index is 1.84. The van der Waals surface area contributed by atoms with E-state index in [4.69, 9.17) is 33.0 Å². The van der Waals surface area contributed by atoms with Crippen LogP contribution in [0.15, 0.2) is 48.5 Å². The second kappa shape index (κ2) is 9.32. The van der Waals surface area contributed by atoms with Gasteiger partial charge in [-0.25, -0.2) is 13.6 Å². The first-order valence-corrected chi connectivity index (χ1v) is 9.55. The van der Waals surface area contributed by atoms with Crippen molar-refractivity contribution in [2.45, 2.75) is 12.8 Å². The fourth-order valence-corrected chi connectivity index (χ4v) is 3.54. The van der Waals surface area contributed by atoms with Crippen LogP contribution in [-0.2, 0) is 17.6 Å². The van der Waals surface area contributed by atoms with Crippen LogP contribution in [0.1, 0.15) is 22.3 Å². The molecule has 0 aliphatic heterocycles. The highest BCUT2D eigenvalue weighted by atomic mass is 35.5. The van der Waals surface area contributed by atoms with Gasteiger partial charge in [0.1, 0.15) is 23.1 Å². The summed E-state index contributed by atoms with van der Waals surface area (Å²) in [6.45, 7) is -0.521. The average molecular weight is 453 g/mol. The van der Waals surface area contributed by atoms with E-state index in [1.807, 2.05) is 0 Å². The van der Waals surface area contributed by atoms with Gasteiger partial charge in [-0.05, 0) is 46.5 Å². The minimum Gasteiger partial charge on any atom is -0.508 e. The van der Waals surface area contributed by atoms with Crippen molar-refractivity contribution in [2.24, 2.45) is 0 Å². The van der Waals surface area contributed by atoms with Crippen LogP contribution in [0.2, 0.25) is 10.0 Å². The molecule has 3 rings (SSSR count). The molecule has 3 aromatic carbocycles. The van der Waals surface area contributed by atoms with Crippen LogP contribution in [-0.4, -0.2) is 22.8 Å². The number of carbonyl (C=O) groups is 1. The lowest BCUT2D eigenvalue weighted by atomic mass is 9.98. The molecule has 0 amide bonds. The molecule has 0 aromatic heterocycles. The van der Waals surface area contributed by atoms with Crippen molar-refractivity contribution in [3.63, 3.8) is 0 Å². The predicted octanol–water partition coefficient (Wildman–Crippen LogP) is 5.62. The van der Waals surface area contributed by atoms with Crippen LogP contribution in [0.3, 0.4) is 0 Å². The molecule has 0 saturated carbocycles. The summed E-state index contributed by atoms with van der Waals surface area (Å²) in [5.74, 6) is -2.27. The van der Waals surface area contributed by atoms with Gasteiger partial charge in [0.15, 0.2) is 6.61 Å². The molecule has 3 aromatic rings. The topological polar surface area (TPSA) is 66.8 Å². The van der Waals surface area contributed by atoms with Crippen LogP contribution in [0, 0.1) is 11.6 Å². The summed E-state index contributed by atoms with van der Waals surface area (Å²) in [7, 11) is 0. The van der Waals surface area contributed by atoms with Crippen molar-refractivity contribution < 1.29 is 28.5 Å². The average Bonchev–Trinajstić information content (AvgIpc) is 2.67. The van der Waals surface area contributed by atoms with Crippen LogP contribution in [0.5, 0.6) is 11.5 Å². The van der Waals surface area contributed by atoms with Gasteiger partial charge in [-0.2, -0.15) is 0 Å². The monoisotopic (exact) mass is 452 g/mol. The van der Waals surface area contributed by atoms with E-state index < -0.39 is 24.2 Å². The second-order valence-electron chi connectivity index (χ2n) is 6.60. The molecule has 0 fully saturated rings. The Kier molecular flexibility index (Phi) is 6.80. The zero-order valence-corrected chi connectivity index (χ0v) is 17.0. The summed E-state index contributed by atoms with van der Waals surface area (Å²) >= 11 is 12.6. The number of ether oxygens (including phenoxy) is 1. The first-order chi connectivity index (χ1) is 14.2. The van der Waals surface area contributed by atoms with Crippen LogP contribution < -0.4 is 4.74 Å². The first-order valence-electron chi connectivity index (χ1n) is 8.80. The molecule has 0 heterocycles. The number of carboxylic acid groups (broad SMARTS) is 1. The smallest absolute Gasteiger partial charge is 0.341 e. The summed E-state index contributed by atoms with van der Waals surface area (Å²) in [4.78, 5) is 10.6. The Labute approximate surface area is 181 Å². The van der Waals surface area contributed by atoms with Gasteiger partial charge < -0.3 is 14.9 Å². The van der Waals surface area contributed by atoms with Gasteiger partial charge in [-0.15, -0.1) is 0 Å². The van der Waals surface area contributed by atoms with E-state index in [1.165, 1.54) is 24.3 Å². The van der Waals surface area contributed by atoms with Crippen molar-refractivity contribution in [2.75, 3.05) is 6.61 Å². The summed E-state index contributed by atoms with van der Waals surface area (Å²) < 4.78 is 32.2. The Hall–Kier alpha value is -2.83. The summed E-state index contributed by atoms with van der Waals surface area (Å²) in [5.41, 5.74) is 2.06. The van der Waals surface area contributed by atoms with E-state index in [-0.39, 0.29) is 23.5 Å². The molecule has 0 aliphatic rings. The first kappa shape index (κ1) is 21.9. The Bertz CT molecular complexity index is 1080. The third kappa shape index (κ3) is 5.40. The number of hydrogen-bond acceptors (Lipinski definition) is 3. The molecule has 0 atom stereocenters. The molecule has 4 nitrogen and oxygen atoms in total. The quantitative estimate of drug-likeness (QED) is 0.487. The van der Waals surface area contributed by atoms with E-state index in [2.05, 4.69) is 0 Å². The van der Waals surface area contributed by atoms with Gasteiger partial charge in [-0.3, -0.25) is 0 Å². The van der Waals surface area contributed by atoms with Crippen molar-refractivity contribution in [3.05, 3.63) is 92.5 Å². The SMILES string of the molecule is O=C(O)COc1cc(Cl)c(Cc2ccc(O)c(Cc3ccc(F)cc3F)c2)c(Cl)c1. The van der Waals surface area contributed by atoms with Gasteiger partial charge in [-0.1, -0.05) is 41.4 Å². The number of carboxylic acids is 1. The second-order valence-corrected chi connectivity index (χ2v) is 7.41. The number of phenols is 1. The molecule has 0 unspecified atom stereocenters. The molecule has 0 aliphatic carbocycles. The summed E-state index contributed by atoms with van der Waals surface area (Å²) in [6, 6.07) is 11.1. The number of aromatic hydroxyl groups is 1. The Morgan fingerprint density at radius 1 is 0.933 bits per heavy atom. The lowest BCUT2D eigenvalue weighted by Crippen LogP contribution is -2.09. The van der Waals surface area contributed by atoms with Crippen molar-refractivity contribution in [1.29, 1.82) is 0 Å². The molecular formula is C22H16Cl2F2O4. The number of phenolic OH excluding ortho intramolecular Hbond substituents is 1. The number of benzene rings is 3. The van der Waals surface area contributed by atoms with Crippen LogP contribution >= 0.6 is 23.2 Å². The highest BCUT2D eigenvalue weighted by Crippen LogP contribution is 2.33. The van der Waals surface area contributed by atoms with Crippen molar-refractivity contribution in [1.82, 2.24) is 0 Å². The molecule has 156 valence electrons. The van der Waals surface area contributed by atoms with Gasteiger partial charge in [0, 0.05) is 29.0 Å². The number of halogens is 4. The third-order valence-corrected chi connectivity index (χ3v) is 5.07. The molecule has 0 radical (unpaired) electrons. The van der Waals surface area contributed by atoms with Gasteiger partial charge >= 0.3 is 5.97 Å². The maximum Gasteiger partial charge on any atom is 0.341 e. The highest BCUT2D eigenvalue weighted by Gasteiger charge is 2.13. The Morgan fingerprint density at radius 3 is 2.27 bits per heavy atom. The molecule has 0 spiro atoms. The molecule has 30 heavy (non-hydrogen) atoms. The van der Waals surface area contributed by atoms with E-state index >= 15 is 0 Å². The lowest BCUT2D eigenvalue weighted by molar-refractivity contribution is -0.139. The standard InChI is InChI=1S/C22H16Cl2F2O4/c23-18-9-16(30-11-22(28)29)10-19(24)17(18)6-12-1-4-21(27)14(5-12)7-13-2-3-15(25)8-20(13)26/h1-5,8-10,27H,6-7,11H2,(H,28,29). The molecular weight excluding hydrogens is 437 g/mol. The normalized spacial score (nSPS) is 10.8. The minimum atomic E-state index is -1.12. The molecule has 2 N–H and O–H groups in total. The van der Waals surface area contributed by atoms with E-state index in [1.54, 1.807) is 12.1 Å². The molecule has 0 bridgehead atoms. The number of aliphatic carboxylic acids is 1. The van der Waals surface area contributed by atoms with Crippen LogP contribution in [0.25, 0.3) is 0 Å². The van der Waals surface area contributed by atoms with Gasteiger partial charge in [0.25, 0.3) is 0 Å². The van der Waals surface area contributed by atoms with E-state index in [0.29, 0.717) is 27.6 Å². The van der Waals surface area contributed by atoms with Crippen molar-refractivity contribution >= 4 is 29.2 Å². The van der Waals surface area contributed by atoms with E-state index in [9.17, 15) is 18.7 Å². The van der Waals surface area contributed by atoms with Gasteiger partial charge in [0.05, 0.1) is 0 Å². The summed E-state index contributed by atoms with van der Waals surface area (Å²) in [5, 5.41) is 19.4. The molecule has 0 saturated heterocycles. The zero-order chi connectivity index (χ0) is 21.8. The van der Waals surface area contributed by atoms with Crippen molar-refractivity contribution in [3.8, 4) is 11.5 Å². The maximum atomic E-state index is 14.0. The number of hydrogen-bond donors (Lipinski definition) is 2. The fourth-order valence-electron chi connectivity index (χ4n) is 2.94. The van der Waals surface area contributed by atoms with Gasteiger partial charge in [0.2, 0.25) is 0 Å². The highest BCUT2D eigenvalue weighted by molar-refractivity contribution is 6.36. The Morgan fingerprint density at radius 2 is 1.63 bits per heavy atom. The molecule has 8 heteroatoms. The largest absolute Gasteiger partial charge is 0.508 e. The number of rotatable bonds is 7.